The maximum atomic E-state index is 9.97. The zero-order valence-electron chi connectivity index (χ0n) is 11.7. The molecule has 3 rings (SSSR count). The number of phenolic OH excluding ortho intramolecular Hbond substituents is 1. The van der Waals surface area contributed by atoms with Gasteiger partial charge in [0, 0.05) is 21.0 Å². The molecular formula is C16H11Br2N3OS. The largest absolute Gasteiger partial charge is 0.506 e. The number of anilines is 1. The quantitative estimate of drug-likeness (QED) is 0.406. The monoisotopic (exact) mass is 451 g/mol. The van der Waals surface area contributed by atoms with Gasteiger partial charge in [0.25, 0.3) is 0 Å². The first-order chi connectivity index (χ1) is 11.1. The minimum Gasteiger partial charge on any atom is -0.506 e. The number of phenols is 1. The topological polar surface area (TPSA) is 57.5 Å². The van der Waals surface area contributed by atoms with Gasteiger partial charge in [-0.3, -0.25) is 5.43 Å². The normalized spacial score (nSPS) is 11.0. The molecule has 4 nitrogen and oxygen atoms in total. The lowest BCUT2D eigenvalue weighted by molar-refractivity contribution is 0.471. The van der Waals surface area contributed by atoms with Crippen LogP contribution in [0.1, 0.15) is 5.56 Å². The lowest BCUT2D eigenvalue weighted by Gasteiger charge is -2.02. The number of benzene rings is 2. The van der Waals surface area contributed by atoms with E-state index in [1.165, 1.54) is 11.3 Å². The van der Waals surface area contributed by atoms with Crippen molar-refractivity contribution in [2.24, 2.45) is 5.10 Å². The summed E-state index contributed by atoms with van der Waals surface area (Å²) in [5.41, 5.74) is 5.45. The van der Waals surface area contributed by atoms with Crippen molar-refractivity contribution in [3.8, 4) is 17.0 Å². The Morgan fingerprint density at radius 1 is 1.17 bits per heavy atom. The van der Waals surface area contributed by atoms with E-state index in [1.807, 2.05) is 35.7 Å². The van der Waals surface area contributed by atoms with E-state index >= 15 is 0 Å². The first-order valence-electron chi connectivity index (χ1n) is 6.61. The van der Waals surface area contributed by atoms with Gasteiger partial charge in [0.2, 0.25) is 5.13 Å². The lowest BCUT2D eigenvalue weighted by atomic mass is 10.2. The number of nitrogens with zero attached hydrogens (tertiary/aromatic N) is 2. The van der Waals surface area contributed by atoms with E-state index in [0.29, 0.717) is 15.2 Å². The van der Waals surface area contributed by atoms with Crippen molar-refractivity contribution in [2.45, 2.75) is 0 Å². The van der Waals surface area contributed by atoms with Crippen LogP contribution >= 0.6 is 43.2 Å². The van der Waals surface area contributed by atoms with Crippen LogP contribution < -0.4 is 5.43 Å². The van der Waals surface area contributed by atoms with E-state index in [2.05, 4.69) is 47.4 Å². The highest BCUT2D eigenvalue weighted by molar-refractivity contribution is 9.11. The van der Waals surface area contributed by atoms with E-state index in [1.54, 1.807) is 18.3 Å². The molecule has 1 aromatic heterocycles. The van der Waals surface area contributed by atoms with Crippen molar-refractivity contribution >= 4 is 54.5 Å². The molecule has 0 fully saturated rings. The Bertz CT molecular complexity index is 850. The first kappa shape index (κ1) is 16.2. The van der Waals surface area contributed by atoms with Crippen molar-refractivity contribution in [1.29, 1.82) is 0 Å². The fraction of sp³-hybridized carbons (Fsp3) is 0. The van der Waals surface area contributed by atoms with Crippen LogP contribution in [-0.4, -0.2) is 16.3 Å². The van der Waals surface area contributed by atoms with Gasteiger partial charge >= 0.3 is 0 Å². The molecule has 0 unspecified atom stereocenters. The van der Waals surface area contributed by atoms with Crippen LogP contribution in [0.2, 0.25) is 0 Å². The molecule has 0 spiro atoms. The minimum atomic E-state index is 0.142. The summed E-state index contributed by atoms with van der Waals surface area (Å²) < 4.78 is 1.46. The van der Waals surface area contributed by atoms with Crippen LogP contribution in [0, 0.1) is 0 Å². The summed E-state index contributed by atoms with van der Waals surface area (Å²) in [6.45, 7) is 0. The van der Waals surface area contributed by atoms with Gasteiger partial charge in [0.1, 0.15) is 5.75 Å². The Kier molecular flexibility index (Phi) is 5.09. The summed E-state index contributed by atoms with van der Waals surface area (Å²) in [5, 5.41) is 16.8. The predicted molar refractivity (Wildman–Crippen MR) is 102 cm³/mol. The van der Waals surface area contributed by atoms with Gasteiger partial charge in [0.15, 0.2) is 0 Å². The van der Waals surface area contributed by atoms with Gasteiger partial charge in [-0.05, 0) is 28.1 Å². The molecule has 0 atom stereocenters. The lowest BCUT2D eigenvalue weighted by Crippen LogP contribution is -1.91. The number of aromatic hydroxyl groups is 1. The Morgan fingerprint density at radius 2 is 1.96 bits per heavy atom. The van der Waals surface area contributed by atoms with Crippen molar-refractivity contribution in [1.82, 2.24) is 4.98 Å². The number of halogens is 2. The van der Waals surface area contributed by atoms with Crippen molar-refractivity contribution < 1.29 is 5.11 Å². The van der Waals surface area contributed by atoms with Crippen LogP contribution in [0.25, 0.3) is 11.3 Å². The second kappa shape index (κ2) is 7.25. The molecule has 0 saturated heterocycles. The highest BCUT2D eigenvalue weighted by Gasteiger charge is 2.06. The second-order valence-electron chi connectivity index (χ2n) is 4.60. The van der Waals surface area contributed by atoms with Gasteiger partial charge in [-0.2, -0.15) is 5.10 Å². The average Bonchev–Trinajstić information content (AvgIpc) is 3.02. The predicted octanol–water partition coefficient (Wildman–Crippen LogP) is 5.49. The smallest absolute Gasteiger partial charge is 0.203 e. The minimum absolute atomic E-state index is 0.142. The molecule has 2 aromatic carbocycles. The van der Waals surface area contributed by atoms with E-state index in [4.69, 9.17) is 0 Å². The third-order valence-electron chi connectivity index (χ3n) is 3.00. The molecule has 2 N–H and O–H groups in total. The van der Waals surface area contributed by atoms with E-state index in [-0.39, 0.29) is 5.75 Å². The Morgan fingerprint density at radius 3 is 2.74 bits per heavy atom. The van der Waals surface area contributed by atoms with Crippen LogP contribution in [0.15, 0.2) is 61.9 Å². The fourth-order valence-corrected chi connectivity index (χ4v) is 3.83. The van der Waals surface area contributed by atoms with E-state index in [0.717, 1.165) is 15.7 Å². The summed E-state index contributed by atoms with van der Waals surface area (Å²) in [6.07, 6.45) is 1.55. The number of hydrogen-bond donors (Lipinski definition) is 2. The zero-order chi connectivity index (χ0) is 16.2. The van der Waals surface area contributed by atoms with Crippen LogP contribution in [-0.2, 0) is 0 Å². The Labute approximate surface area is 154 Å². The number of hydrogen-bond acceptors (Lipinski definition) is 5. The maximum absolute atomic E-state index is 9.97. The average molecular weight is 453 g/mol. The van der Waals surface area contributed by atoms with Crippen molar-refractivity contribution in [3.63, 3.8) is 0 Å². The summed E-state index contributed by atoms with van der Waals surface area (Å²) in [5.74, 6) is 0.142. The van der Waals surface area contributed by atoms with Gasteiger partial charge < -0.3 is 5.11 Å². The molecule has 0 aliphatic heterocycles. The van der Waals surface area contributed by atoms with E-state index < -0.39 is 0 Å². The molecule has 0 bridgehead atoms. The number of thiazole rings is 1. The van der Waals surface area contributed by atoms with Crippen LogP contribution in [0.3, 0.4) is 0 Å². The van der Waals surface area contributed by atoms with Gasteiger partial charge in [-0.25, -0.2) is 4.98 Å². The van der Waals surface area contributed by atoms with Crippen LogP contribution in [0.5, 0.6) is 5.75 Å². The molecule has 3 aromatic rings. The maximum Gasteiger partial charge on any atom is 0.203 e. The Balaban J connectivity index is 1.73. The highest BCUT2D eigenvalue weighted by atomic mass is 79.9. The number of aromatic nitrogens is 1. The molecule has 0 amide bonds. The highest BCUT2D eigenvalue weighted by Crippen LogP contribution is 2.30. The van der Waals surface area contributed by atoms with Crippen molar-refractivity contribution in [2.75, 3.05) is 5.43 Å². The number of hydrazone groups is 1. The fourth-order valence-electron chi connectivity index (χ4n) is 1.91. The van der Waals surface area contributed by atoms with Crippen LogP contribution in [0.4, 0.5) is 5.13 Å². The summed E-state index contributed by atoms with van der Waals surface area (Å²) in [4.78, 5) is 4.48. The zero-order valence-corrected chi connectivity index (χ0v) is 15.7. The van der Waals surface area contributed by atoms with Gasteiger partial charge in [0.05, 0.1) is 16.4 Å². The molecule has 0 radical (unpaired) electrons. The molecule has 1 heterocycles. The van der Waals surface area contributed by atoms with E-state index in [9.17, 15) is 5.11 Å². The molecular weight excluding hydrogens is 442 g/mol. The number of rotatable bonds is 4. The molecule has 7 heteroatoms. The number of nitrogens with one attached hydrogen (secondary N) is 1. The Hall–Kier alpha value is -1.70. The molecule has 0 aliphatic rings. The van der Waals surface area contributed by atoms with Gasteiger partial charge in [-0.1, -0.05) is 46.3 Å². The SMILES string of the molecule is Oc1c(Br)cc(Br)cc1/C=N\Nc1nc(-c2ccccc2)cs1. The standard InChI is InChI=1S/C16H11Br2N3OS/c17-12-6-11(15(22)13(18)7-12)8-19-21-16-20-14(9-23-16)10-4-2-1-3-5-10/h1-9,22H,(H,20,21)/b19-8-. The summed E-state index contributed by atoms with van der Waals surface area (Å²) in [6, 6.07) is 13.5. The molecule has 0 saturated carbocycles. The third-order valence-corrected chi connectivity index (χ3v) is 4.80. The second-order valence-corrected chi connectivity index (χ2v) is 7.23. The molecule has 23 heavy (non-hydrogen) atoms. The summed E-state index contributed by atoms with van der Waals surface area (Å²) >= 11 is 8.14. The molecule has 0 aliphatic carbocycles. The summed E-state index contributed by atoms with van der Waals surface area (Å²) in [7, 11) is 0. The first-order valence-corrected chi connectivity index (χ1v) is 9.08. The van der Waals surface area contributed by atoms with Crippen molar-refractivity contribution in [3.05, 3.63) is 62.4 Å². The molecule has 116 valence electrons. The third kappa shape index (κ3) is 3.99. The van der Waals surface area contributed by atoms with Gasteiger partial charge in [-0.15, -0.1) is 11.3 Å².